The van der Waals surface area contributed by atoms with Crippen LogP contribution >= 0.6 is 0 Å². The van der Waals surface area contributed by atoms with Crippen LogP contribution in [0, 0.1) is 0 Å². The Kier molecular flexibility index (Phi) is 7.41. The lowest BCUT2D eigenvalue weighted by Crippen LogP contribution is -2.21. The molecule has 2 rings (SSSR count). The van der Waals surface area contributed by atoms with Crippen LogP contribution < -0.4 is 10.1 Å². The Labute approximate surface area is 161 Å². The molecule has 0 radical (unpaired) electrons. The first-order chi connectivity index (χ1) is 12.9. The number of aryl methyl sites for hydroxylation is 1. The van der Waals surface area contributed by atoms with Crippen LogP contribution in [-0.4, -0.2) is 36.9 Å². The van der Waals surface area contributed by atoms with Gasteiger partial charge in [0, 0.05) is 31.8 Å². The van der Waals surface area contributed by atoms with Gasteiger partial charge in [0.2, 0.25) is 5.91 Å². The second kappa shape index (κ2) is 9.76. The molecule has 0 bridgehead atoms. The molecule has 27 heavy (non-hydrogen) atoms. The number of benzene rings is 2. The molecule has 0 spiro atoms. The lowest BCUT2D eigenvalue weighted by atomic mass is 10.1. The number of carbonyl (C=O) groups excluding carboxylic acids is 2. The van der Waals surface area contributed by atoms with Gasteiger partial charge in [-0.15, -0.1) is 0 Å². The number of ether oxygens (including phenoxy) is 1. The molecular weight excluding hydrogens is 340 g/mol. The summed E-state index contributed by atoms with van der Waals surface area (Å²) in [6, 6.07) is 14.8. The highest BCUT2D eigenvalue weighted by Gasteiger charge is 2.10. The smallest absolute Gasteiger partial charge is 0.255 e. The van der Waals surface area contributed by atoms with Crippen molar-refractivity contribution < 1.29 is 14.3 Å². The molecule has 1 atom stereocenters. The van der Waals surface area contributed by atoms with Gasteiger partial charge in [0.1, 0.15) is 5.75 Å². The molecule has 0 heterocycles. The molecule has 2 amide bonds. The number of amides is 2. The van der Waals surface area contributed by atoms with Gasteiger partial charge in [-0.2, -0.15) is 0 Å². The summed E-state index contributed by atoms with van der Waals surface area (Å²) < 4.78 is 5.78. The number of hydrogen-bond acceptors (Lipinski definition) is 3. The molecule has 1 N–H and O–H groups in total. The average Bonchev–Trinajstić information content (AvgIpc) is 2.66. The van der Waals surface area contributed by atoms with Crippen LogP contribution in [0.1, 0.15) is 42.6 Å². The van der Waals surface area contributed by atoms with Crippen LogP contribution in [0.25, 0.3) is 0 Å². The fourth-order valence-electron chi connectivity index (χ4n) is 2.51. The van der Waals surface area contributed by atoms with E-state index in [1.807, 2.05) is 43.3 Å². The quantitative estimate of drug-likeness (QED) is 0.762. The number of carbonyl (C=O) groups is 2. The van der Waals surface area contributed by atoms with Crippen LogP contribution in [0.5, 0.6) is 5.75 Å². The Morgan fingerprint density at radius 3 is 2.56 bits per heavy atom. The number of nitrogens with one attached hydrogen (secondary N) is 1. The van der Waals surface area contributed by atoms with Gasteiger partial charge in [-0.05, 0) is 55.7 Å². The minimum absolute atomic E-state index is 0.0857. The minimum Gasteiger partial charge on any atom is -0.491 e. The molecule has 0 saturated carbocycles. The Morgan fingerprint density at radius 1 is 1.11 bits per heavy atom. The summed E-state index contributed by atoms with van der Waals surface area (Å²) in [4.78, 5) is 25.9. The van der Waals surface area contributed by atoms with Crippen LogP contribution in [0.4, 0.5) is 5.69 Å². The summed E-state index contributed by atoms with van der Waals surface area (Å²) in [5.41, 5.74) is 2.27. The van der Waals surface area contributed by atoms with Crippen molar-refractivity contribution in [1.29, 1.82) is 0 Å². The van der Waals surface area contributed by atoms with Crippen molar-refractivity contribution in [2.24, 2.45) is 0 Å². The number of hydrogen-bond donors (Lipinski definition) is 1. The second-order valence-corrected chi connectivity index (χ2v) is 6.81. The number of anilines is 1. The molecule has 5 nitrogen and oxygen atoms in total. The van der Waals surface area contributed by atoms with E-state index < -0.39 is 0 Å². The normalized spacial score (nSPS) is 11.6. The Balaban J connectivity index is 2.02. The standard InChI is InChI=1S/C22H28N2O3/c1-5-16(2)27-20-11-7-9-18(15-20)22(26)23-19-10-6-8-17(14-19)12-13-21(25)24(3)4/h6-11,14-16H,5,12-13H2,1-4H3,(H,23,26). The van der Waals surface area contributed by atoms with Crippen molar-refractivity contribution in [2.45, 2.75) is 39.2 Å². The maximum atomic E-state index is 12.6. The molecule has 0 aliphatic carbocycles. The first-order valence-electron chi connectivity index (χ1n) is 9.26. The lowest BCUT2D eigenvalue weighted by Gasteiger charge is -2.13. The van der Waals surface area contributed by atoms with Crippen LogP contribution in [0.2, 0.25) is 0 Å². The Morgan fingerprint density at radius 2 is 1.85 bits per heavy atom. The third kappa shape index (κ3) is 6.44. The van der Waals surface area contributed by atoms with E-state index in [4.69, 9.17) is 4.74 Å². The van der Waals surface area contributed by atoms with Crippen molar-refractivity contribution in [3.8, 4) is 5.75 Å². The maximum absolute atomic E-state index is 12.6. The minimum atomic E-state index is -0.189. The predicted molar refractivity (Wildman–Crippen MR) is 108 cm³/mol. The molecule has 1 unspecified atom stereocenters. The van der Waals surface area contributed by atoms with E-state index >= 15 is 0 Å². The van der Waals surface area contributed by atoms with Gasteiger partial charge in [0.05, 0.1) is 6.10 Å². The van der Waals surface area contributed by atoms with E-state index in [1.165, 1.54) is 0 Å². The van der Waals surface area contributed by atoms with Crippen LogP contribution in [0.15, 0.2) is 48.5 Å². The summed E-state index contributed by atoms with van der Waals surface area (Å²) in [7, 11) is 3.50. The van der Waals surface area contributed by atoms with Crippen molar-refractivity contribution >= 4 is 17.5 Å². The third-order valence-corrected chi connectivity index (χ3v) is 4.32. The lowest BCUT2D eigenvalue weighted by molar-refractivity contribution is -0.128. The molecule has 0 fully saturated rings. The largest absolute Gasteiger partial charge is 0.491 e. The molecule has 2 aromatic rings. The van der Waals surface area contributed by atoms with E-state index in [2.05, 4.69) is 12.2 Å². The highest BCUT2D eigenvalue weighted by molar-refractivity contribution is 6.04. The van der Waals surface area contributed by atoms with Crippen LogP contribution in [-0.2, 0) is 11.2 Å². The van der Waals surface area contributed by atoms with Crippen molar-refractivity contribution in [1.82, 2.24) is 4.90 Å². The van der Waals surface area contributed by atoms with Gasteiger partial charge in [0.15, 0.2) is 0 Å². The summed E-state index contributed by atoms with van der Waals surface area (Å²) >= 11 is 0. The van der Waals surface area contributed by atoms with Crippen LogP contribution in [0.3, 0.4) is 0 Å². The summed E-state index contributed by atoms with van der Waals surface area (Å²) in [6.45, 7) is 4.06. The summed E-state index contributed by atoms with van der Waals surface area (Å²) in [6.07, 6.45) is 2.09. The fourth-order valence-corrected chi connectivity index (χ4v) is 2.51. The van der Waals surface area contributed by atoms with Crippen molar-refractivity contribution in [3.63, 3.8) is 0 Å². The molecule has 5 heteroatoms. The number of nitrogens with zero attached hydrogens (tertiary/aromatic N) is 1. The van der Waals surface area contributed by atoms with Gasteiger partial charge in [-0.1, -0.05) is 25.1 Å². The molecular formula is C22H28N2O3. The highest BCUT2D eigenvalue weighted by Crippen LogP contribution is 2.18. The molecule has 0 aliphatic rings. The SMILES string of the molecule is CCC(C)Oc1cccc(C(=O)Nc2cccc(CCC(=O)N(C)C)c2)c1. The van der Waals surface area contributed by atoms with Gasteiger partial charge < -0.3 is 15.0 Å². The molecule has 0 aromatic heterocycles. The fraction of sp³-hybridized carbons (Fsp3) is 0.364. The zero-order valence-corrected chi connectivity index (χ0v) is 16.5. The van der Waals surface area contributed by atoms with Gasteiger partial charge in [-0.25, -0.2) is 0 Å². The Bertz CT molecular complexity index is 787. The molecule has 0 aliphatic heterocycles. The highest BCUT2D eigenvalue weighted by atomic mass is 16.5. The molecule has 0 saturated heterocycles. The maximum Gasteiger partial charge on any atom is 0.255 e. The predicted octanol–water partition coefficient (Wildman–Crippen LogP) is 4.14. The topological polar surface area (TPSA) is 58.6 Å². The molecule has 144 valence electrons. The van der Waals surface area contributed by atoms with Gasteiger partial charge in [-0.3, -0.25) is 9.59 Å². The first-order valence-corrected chi connectivity index (χ1v) is 9.26. The van der Waals surface area contributed by atoms with E-state index in [9.17, 15) is 9.59 Å². The second-order valence-electron chi connectivity index (χ2n) is 6.81. The monoisotopic (exact) mass is 368 g/mol. The third-order valence-electron chi connectivity index (χ3n) is 4.32. The zero-order valence-electron chi connectivity index (χ0n) is 16.5. The molecule has 2 aromatic carbocycles. The van der Waals surface area contributed by atoms with Gasteiger partial charge >= 0.3 is 0 Å². The zero-order chi connectivity index (χ0) is 19.8. The van der Waals surface area contributed by atoms with E-state index in [-0.39, 0.29) is 17.9 Å². The van der Waals surface area contributed by atoms with E-state index in [0.717, 1.165) is 12.0 Å². The summed E-state index contributed by atoms with van der Waals surface area (Å²) in [5, 5.41) is 2.91. The first kappa shape index (κ1) is 20.5. The van der Waals surface area contributed by atoms with Crippen molar-refractivity contribution in [3.05, 3.63) is 59.7 Å². The summed E-state index contributed by atoms with van der Waals surface area (Å²) in [5.74, 6) is 0.585. The average molecular weight is 368 g/mol. The van der Waals surface area contributed by atoms with Gasteiger partial charge in [0.25, 0.3) is 5.91 Å². The van der Waals surface area contributed by atoms with E-state index in [0.29, 0.717) is 29.8 Å². The van der Waals surface area contributed by atoms with Crippen molar-refractivity contribution in [2.75, 3.05) is 19.4 Å². The number of rotatable bonds is 8. The Hall–Kier alpha value is -2.82. The van der Waals surface area contributed by atoms with E-state index in [1.54, 1.807) is 31.1 Å².